The normalized spacial score (nSPS) is 19.7. The summed E-state index contributed by atoms with van der Waals surface area (Å²) in [5, 5.41) is 12.1. The highest BCUT2D eigenvalue weighted by atomic mass is 16.5. The van der Waals surface area contributed by atoms with Crippen molar-refractivity contribution in [1.29, 1.82) is 0 Å². The zero-order valence-electron chi connectivity index (χ0n) is 11.7. The van der Waals surface area contributed by atoms with E-state index in [0.717, 1.165) is 32.8 Å². The minimum Gasteiger partial charge on any atom is -0.481 e. The zero-order chi connectivity index (χ0) is 13.6. The molecule has 0 aliphatic carbocycles. The van der Waals surface area contributed by atoms with E-state index < -0.39 is 5.97 Å². The van der Waals surface area contributed by atoms with Gasteiger partial charge in [0.25, 0.3) is 0 Å². The molecule has 0 saturated carbocycles. The van der Waals surface area contributed by atoms with Gasteiger partial charge in [0.2, 0.25) is 0 Å². The molecule has 0 aromatic carbocycles. The molecule has 1 rings (SSSR count). The first-order chi connectivity index (χ1) is 8.42. The Morgan fingerprint density at radius 1 is 1.44 bits per heavy atom. The molecular formula is C13H26N2O3. The van der Waals surface area contributed by atoms with E-state index >= 15 is 0 Å². The molecule has 18 heavy (non-hydrogen) atoms. The molecule has 0 bridgehead atoms. The van der Waals surface area contributed by atoms with Crippen LogP contribution in [-0.4, -0.2) is 60.4 Å². The van der Waals surface area contributed by atoms with E-state index in [0.29, 0.717) is 6.42 Å². The Bertz CT molecular complexity index is 263. The highest BCUT2D eigenvalue weighted by Crippen LogP contribution is 2.15. The average molecular weight is 258 g/mol. The zero-order valence-corrected chi connectivity index (χ0v) is 11.7. The molecule has 1 unspecified atom stereocenters. The second-order valence-corrected chi connectivity index (χ2v) is 5.63. The van der Waals surface area contributed by atoms with E-state index in [1.54, 1.807) is 0 Å². The molecule has 0 amide bonds. The molecule has 2 N–H and O–H groups in total. The summed E-state index contributed by atoms with van der Waals surface area (Å²) < 4.78 is 5.36. The smallest absolute Gasteiger partial charge is 0.303 e. The molecule has 0 aromatic rings. The molecule has 0 aromatic heterocycles. The van der Waals surface area contributed by atoms with Gasteiger partial charge in [0, 0.05) is 37.6 Å². The van der Waals surface area contributed by atoms with Gasteiger partial charge in [-0.1, -0.05) is 0 Å². The number of nitrogens with zero attached hydrogens (tertiary/aromatic N) is 1. The van der Waals surface area contributed by atoms with Crippen LogP contribution in [0.4, 0.5) is 0 Å². The Hall–Kier alpha value is -0.650. The van der Waals surface area contributed by atoms with Crippen molar-refractivity contribution in [1.82, 2.24) is 10.2 Å². The maximum Gasteiger partial charge on any atom is 0.303 e. The molecular weight excluding hydrogens is 232 g/mol. The SMILES string of the molecule is CC(CCC(=O)O)NCC(C)(C)N1CCOCC1. The van der Waals surface area contributed by atoms with Gasteiger partial charge in [-0.25, -0.2) is 0 Å². The van der Waals surface area contributed by atoms with E-state index in [9.17, 15) is 4.79 Å². The molecule has 106 valence electrons. The summed E-state index contributed by atoms with van der Waals surface area (Å²) in [6.07, 6.45) is 0.903. The summed E-state index contributed by atoms with van der Waals surface area (Å²) in [4.78, 5) is 12.9. The Morgan fingerprint density at radius 3 is 2.61 bits per heavy atom. The van der Waals surface area contributed by atoms with Crippen molar-refractivity contribution in [2.75, 3.05) is 32.8 Å². The molecule has 0 radical (unpaired) electrons. The standard InChI is InChI=1S/C13H26N2O3/c1-11(4-5-12(16)17)14-10-13(2,3)15-6-8-18-9-7-15/h11,14H,4-10H2,1-3H3,(H,16,17). The number of nitrogens with one attached hydrogen (secondary N) is 1. The highest BCUT2D eigenvalue weighted by Gasteiger charge is 2.28. The molecule has 5 nitrogen and oxygen atoms in total. The van der Waals surface area contributed by atoms with Crippen LogP contribution < -0.4 is 5.32 Å². The van der Waals surface area contributed by atoms with Crippen molar-refractivity contribution in [2.24, 2.45) is 0 Å². The number of carboxylic acids is 1. The Labute approximate surface area is 109 Å². The number of hydrogen-bond acceptors (Lipinski definition) is 4. The lowest BCUT2D eigenvalue weighted by Crippen LogP contribution is -2.55. The fraction of sp³-hybridized carbons (Fsp3) is 0.923. The number of rotatable bonds is 7. The molecule has 5 heteroatoms. The van der Waals surface area contributed by atoms with Crippen molar-refractivity contribution >= 4 is 5.97 Å². The summed E-state index contributed by atoms with van der Waals surface area (Å²) >= 11 is 0. The van der Waals surface area contributed by atoms with Gasteiger partial charge < -0.3 is 15.2 Å². The van der Waals surface area contributed by atoms with Crippen molar-refractivity contribution in [3.05, 3.63) is 0 Å². The third kappa shape index (κ3) is 5.33. The molecule has 1 heterocycles. The number of carbonyl (C=O) groups is 1. The second kappa shape index (κ2) is 7.07. The number of morpholine rings is 1. The van der Waals surface area contributed by atoms with Gasteiger partial charge in [-0.15, -0.1) is 0 Å². The third-order valence-corrected chi connectivity index (χ3v) is 3.54. The topological polar surface area (TPSA) is 61.8 Å². The van der Waals surface area contributed by atoms with Crippen molar-refractivity contribution in [3.63, 3.8) is 0 Å². The average Bonchev–Trinajstić information content (AvgIpc) is 2.35. The maximum absolute atomic E-state index is 10.5. The van der Waals surface area contributed by atoms with E-state index in [-0.39, 0.29) is 18.0 Å². The van der Waals surface area contributed by atoms with Crippen LogP contribution in [0.5, 0.6) is 0 Å². The number of aliphatic carboxylic acids is 1. The Balaban J connectivity index is 2.28. The van der Waals surface area contributed by atoms with E-state index in [1.165, 1.54) is 0 Å². The summed E-state index contributed by atoms with van der Waals surface area (Å²) in [7, 11) is 0. The second-order valence-electron chi connectivity index (χ2n) is 5.63. The first-order valence-electron chi connectivity index (χ1n) is 6.70. The number of carboxylic acid groups (broad SMARTS) is 1. The van der Waals surface area contributed by atoms with E-state index in [4.69, 9.17) is 9.84 Å². The van der Waals surface area contributed by atoms with Crippen LogP contribution in [0.2, 0.25) is 0 Å². The molecule has 1 fully saturated rings. The maximum atomic E-state index is 10.5. The van der Waals surface area contributed by atoms with Gasteiger partial charge in [0.1, 0.15) is 0 Å². The van der Waals surface area contributed by atoms with Crippen LogP contribution in [0.3, 0.4) is 0 Å². The number of ether oxygens (including phenoxy) is 1. The summed E-state index contributed by atoms with van der Waals surface area (Å²) in [6.45, 7) is 10.9. The first kappa shape index (κ1) is 15.4. The van der Waals surface area contributed by atoms with Crippen molar-refractivity contribution in [3.8, 4) is 0 Å². The van der Waals surface area contributed by atoms with Crippen LogP contribution >= 0.6 is 0 Å². The minimum atomic E-state index is -0.726. The predicted molar refractivity (Wildman–Crippen MR) is 70.8 cm³/mol. The van der Waals surface area contributed by atoms with Crippen molar-refractivity contribution in [2.45, 2.75) is 45.2 Å². The molecule has 1 aliphatic rings. The quantitative estimate of drug-likeness (QED) is 0.711. The van der Waals surface area contributed by atoms with Crippen LogP contribution in [0.25, 0.3) is 0 Å². The van der Waals surface area contributed by atoms with Crippen LogP contribution in [0, 0.1) is 0 Å². The summed E-state index contributed by atoms with van der Waals surface area (Å²) in [6, 6.07) is 0.237. The van der Waals surface area contributed by atoms with Gasteiger partial charge in [0.15, 0.2) is 0 Å². The monoisotopic (exact) mass is 258 g/mol. The van der Waals surface area contributed by atoms with Gasteiger partial charge in [-0.05, 0) is 27.2 Å². The van der Waals surface area contributed by atoms with Crippen LogP contribution in [-0.2, 0) is 9.53 Å². The van der Waals surface area contributed by atoms with Crippen molar-refractivity contribution < 1.29 is 14.6 Å². The third-order valence-electron chi connectivity index (χ3n) is 3.54. The fourth-order valence-electron chi connectivity index (χ4n) is 2.15. The summed E-state index contributed by atoms with van der Waals surface area (Å²) in [5.41, 5.74) is 0.0846. The first-order valence-corrected chi connectivity index (χ1v) is 6.70. The Kier molecular flexibility index (Phi) is 6.05. The molecule has 1 aliphatic heterocycles. The van der Waals surface area contributed by atoms with Gasteiger partial charge in [-0.2, -0.15) is 0 Å². The lowest BCUT2D eigenvalue weighted by molar-refractivity contribution is -0.137. The number of hydrogen-bond donors (Lipinski definition) is 2. The minimum absolute atomic E-state index is 0.0846. The van der Waals surface area contributed by atoms with Gasteiger partial charge in [0.05, 0.1) is 13.2 Å². The van der Waals surface area contributed by atoms with Crippen LogP contribution in [0.1, 0.15) is 33.6 Å². The van der Waals surface area contributed by atoms with Gasteiger partial charge in [-0.3, -0.25) is 9.69 Å². The largest absolute Gasteiger partial charge is 0.481 e. The van der Waals surface area contributed by atoms with E-state index in [1.807, 2.05) is 6.92 Å². The molecule has 1 saturated heterocycles. The van der Waals surface area contributed by atoms with Crippen LogP contribution in [0.15, 0.2) is 0 Å². The fourth-order valence-corrected chi connectivity index (χ4v) is 2.15. The molecule has 0 spiro atoms. The van der Waals surface area contributed by atoms with Gasteiger partial charge >= 0.3 is 5.97 Å². The predicted octanol–water partition coefficient (Wildman–Crippen LogP) is 0.940. The summed E-state index contributed by atoms with van der Waals surface area (Å²) in [5.74, 6) is -0.726. The lowest BCUT2D eigenvalue weighted by atomic mass is 10.0. The lowest BCUT2D eigenvalue weighted by Gasteiger charge is -2.41. The Morgan fingerprint density at radius 2 is 2.06 bits per heavy atom. The molecule has 1 atom stereocenters. The van der Waals surface area contributed by atoms with E-state index in [2.05, 4.69) is 24.1 Å². The highest BCUT2D eigenvalue weighted by molar-refractivity contribution is 5.66.